The summed E-state index contributed by atoms with van der Waals surface area (Å²) in [7, 11) is 0. The van der Waals surface area contributed by atoms with Crippen LogP contribution in [0.25, 0.3) is 22.6 Å². The maximum atomic E-state index is 9.78. The Labute approximate surface area is 163 Å². The van der Waals surface area contributed by atoms with Crippen molar-refractivity contribution in [2.24, 2.45) is 0 Å². The third kappa shape index (κ3) is 4.68. The first-order valence-corrected chi connectivity index (χ1v) is 8.81. The molecule has 2 aromatic heterocycles. The number of aromatic nitrogens is 4. The van der Waals surface area contributed by atoms with Crippen molar-refractivity contribution < 1.29 is 9.63 Å². The zero-order chi connectivity index (χ0) is 17.9. The van der Waals surface area contributed by atoms with E-state index in [1.165, 1.54) is 0 Å². The quantitative estimate of drug-likeness (QED) is 0.736. The molecule has 0 amide bonds. The van der Waals surface area contributed by atoms with Crippen LogP contribution in [0.2, 0.25) is 0 Å². The number of piperidine rings is 1. The third-order valence-corrected chi connectivity index (χ3v) is 4.50. The highest BCUT2D eigenvalue weighted by atomic mass is 35.5. The molecule has 1 unspecified atom stereocenters. The van der Waals surface area contributed by atoms with Crippen LogP contribution in [0.5, 0.6) is 0 Å². The molecule has 1 aliphatic rings. The molecular formula is C19H22ClN5O2. The Balaban J connectivity index is 0.00000210. The van der Waals surface area contributed by atoms with Gasteiger partial charge in [-0.05, 0) is 38.4 Å². The van der Waals surface area contributed by atoms with E-state index in [9.17, 15) is 5.11 Å². The lowest BCUT2D eigenvalue weighted by Gasteiger charge is -2.28. The van der Waals surface area contributed by atoms with Gasteiger partial charge in [-0.15, -0.1) is 12.4 Å². The maximum absolute atomic E-state index is 9.78. The summed E-state index contributed by atoms with van der Waals surface area (Å²) in [6.07, 6.45) is 3.34. The second-order valence-electron chi connectivity index (χ2n) is 6.61. The molecule has 3 aromatic rings. The molecule has 0 aliphatic carbocycles. The van der Waals surface area contributed by atoms with Crippen molar-refractivity contribution in [3.63, 3.8) is 0 Å². The number of aliphatic hydroxyl groups is 1. The number of rotatable bonds is 4. The molecule has 1 fully saturated rings. The first kappa shape index (κ1) is 19.4. The van der Waals surface area contributed by atoms with E-state index in [1.54, 1.807) is 6.20 Å². The Morgan fingerprint density at radius 1 is 1.22 bits per heavy atom. The fraction of sp³-hybridized carbons (Fsp3) is 0.368. The van der Waals surface area contributed by atoms with Crippen molar-refractivity contribution in [2.75, 3.05) is 13.1 Å². The molecule has 1 aliphatic heterocycles. The summed E-state index contributed by atoms with van der Waals surface area (Å²) in [5.41, 5.74) is 2.73. The smallest absolute Gasteiger partial charge is 0.241 e. The van der Waals surface area contributed by atoms with Crippen LogP contribution in [-0.2, 0) is 6.54 Å². The van der Waals surface area contributed by atoms with Crippen molar-refractivity contribution in [1.82, 2.24) is 25.0 Å². The molecule has 1 N–H and O–H groups in total. The molecule has 0 saturated carbocycles. The number of halogens is 1. The van der Waals surface area contributed by atoms with E-state index in [1.807, 2.05) is 37.3 Å². The van der Waals surface area contributed by atoms with Crippen LogP contribution in [-0.4, -0.2) is 49.3 Å². The SMILES string of the molecule is Cc1nccc(-c2cccc(-c3noc(CN4CCCC(O)C4)n3)c2)n1.Cl. The van der Waals surface area contributed by atoms with Gasteiger partial charge < -0.3 is 9.63 Å². The molecule has 0 bridgehead atoms. The van der Waals surface area contributed by atoms with E-state index in [2.05, 4.69) is 25.0 Å². The number of hydrogen-bond acceptors (Lipinski definition) is 7. The van der Waals surface area contributed by atoms with Crippen LogP contribution in [0.3, 0.4) is 0 Å². The maximum Gasteiger partial charge on any atom is 0.241 e. The van der Waals surface area contributed by atoms with E-state index >= 15 is 0 Å². The summed E-state index contributed by atoms with van der Waals surface area (Å²) < 4.78 is 5.41. The number of nitrogens with zero attached hydrogens (tertiary/aromatic N) is 5. The lowest BCUT2D eigenvalue weighted by Crippen LogP contribution is -2.37. The van der Waals surface area contributed by atoms with Gasteiger partial charge in [-0.2, -0.15) is 4.98 Å². The standard InChI is InChI=1S/C19H21N5O2.ClH/c1-13-20-8-7-17(21-13)14-4-2-5-15(10-14)19-22-18(26-23-19)12-24-9-3-6-16(25)11-24;/h2,4-5,7-8,10,16,25H,3,6,9,11-12H2,1H3;1H. The van der Waals surface area contributed by atoms with Gasteiger partial charge in [-0.1, -0.05) is 23.4 Å². The molecule has 0 radical (unpaired) electrons. The van der Waals surface area contributed by atoms with E-state index in [4.69, 9.17) is 4.52 Å². The van der Waals surface area contributed by atoms with Crippen molar-refractivity contribution in [3.8, 4) is 22.6 Å². The zero-order valence-electron chi connectivity index (χ0n) is 15.1. The number of aliphatic hydroxyl groups excluding tert-OH is 1. The highest BCUT2D eigenvalue weighted by molar-refractivity contribution is 5.85. The van der Waals surface area contributed by atoms with Crippen LogP contribution in [0, 0.1) is 6.92 Å². The van der Waals surface area contributed by atoms with E-state index < -0.39 is 0 Å². The molecule has 142 valence electrons. The number of benzene rings is 1. The summed E-state index contributed by atoms with van der Waals surface area (Å²) in [5, 5.41) is 13.9. The van der Waals surface area contributed by atoms with Crippen molar-refractivity contribution in [3.05, 3.63) is 48.2 Å². The van der Waals surface area contributed by atoms with Gasteiger partial charge in [0.1, 0.15) is 5.82 Å². The largest absolute Gasteiger partial charge is 0.392 e. The van der Waals surface area contributed by atoms with Gasteiger partial charge in [0.15, 0.2) is 0 Å². The van der Waals surface area contributed by atoms with Gasteiger partial charge >= 0.3 is 0 Å². The Morgan fingerprint density at radius 3 is 2.89 bits per heavy atom. The monoisotopic (exact) mass is 387 g/mol. The Bertz CT molecular complexity index is 901. The average Bonchev–Trinajstić information content (AvgIpc) is 3.10. The minimum absolute atomic E-state index is 0. The minimum Gasteiger partial charge on any atom is -0.392 e. The summed E-state index contributed by atoms with van der Waals surface area (Å²) in [4.78, 5) is 15.3. The first-order valence-electron chi connectivity index (χ1n) is 8.81. The van der Waals surface area contributed by atoms with E-state index in [-0.39, 0.29) is 18.5 Å². The van der Waals surface area contributed by atoms with Crippen LogP contribution < -0.4 is 0 Å². The first-order chi connectivity index (χ1) is 12.7. The van der Waals surface area contributed by atoms with Gasteiger partial charge in [0.25, 0.3) is 0 Å². The molecule has 1 saturated heterocycles. The topological polar surface area (TPSA) is 88.2 Å². The van der Waals surface area contributed by atoms with E-state index in [0.29, 0.717) is 24.8 Å². The second-order valence-corrected chi connectivity index (χ2v) is 6.61. The van der Waals surface area contributed by atoms with Crippen molar-refractivity contribution in [1.29, 1.82) is 0 Å². The zero-order valence-corrected chi connectivity index (χ0v) is 15.9. The summed E-state index contributed by atoms with van der Waals surface area (Å²) in [6, 6.07) is 9.80. The predicted octanol–water partition coefficient (Wildman–Crippen LogP) is 2.88. The summed E-state index contributed by atoms with van der Waals surface area (Å²) in [5.74, 6) is 1.86. The Kier molecular flexibility index (Phi) is 6.15. The Hall–Kier alpha value is -2.35. The molecule has 4 rings (SSSR count). The minimum atomic E-state index is -0.265. The highest BCUT2D eigenvalue weighted by Crippen LogP contribution is 2.24. The number of likely N-dealkylation sites (tertiary alicyclic amines) is 1. The molecule has 27 heavy (non-hydrogen) atoms. The van der Waals surface area contributed by atoms with Gasteiger partial charge in [-0.25, -0.2) is 9.97 Å². The fourth-order valence-electron chi connectivity index (χ4n) is 3.24. The molecule has 0 spiro atoms. The van der Waals surface area contributed by atoms with Crippen molar-refractivity contribution in [2.45, 2.75) is 32.4 Å². The van der Waals surface area contributed by atoms with Crippen LogP contribution in [0.15, 0.2) is 41.1 Å². The summed E-state index contributed by atoms with van der Waals surface area (Å²) in [6.45, 7) is 4.03. The average molecular weight is 388 g/mol. The lowest BCUT2D eigenvalue weighted by atomic mass is 10.1. The fourth-order valence-corrected chi connectivity index (χ4v) is 3.24. The van der Waals surface area contributed by atoms with Gasteiger partial charge in [0.2, 0.25) is 11.7 Å². The van der Waals surface area contributed by atoms with Crippen LogP contribution >= 0.6 is 12.4 Å². The molecule has 1 atom stereocenters. The van der Waals surface area contributed by atoms with Gasteiger partial charge in [-0.3, -0.25) is 4.90 Å². The molecule has 1 aromatic carbocycles. The van der Waals surface area contributed by atoms with Crippen LogP contribution in [0.1, 0.15) is 24.6 Å². The molecular weight excluding hydrogens is 366 g/mol. The van der Waals surface area contributed by atoms with Crippen LogP contribution in [0.4, 0.5) is 0 Å². The van der Waals surface area contributed by atoms with Gasteiger partial charge in [0.05, 0.1) is 18.3 Å². The second kappa shape index (κ2) is 8.56. The van der Waals surface area contributed by atoms with Crippen molar-refractivity contribution >= 4 is 12.4 Å². The molecule has 3 heterocycles. The molecule has 8 heteroatoms. The van der Waals surface area contributed by atoms with E-state index in [0.717, 1.165) is 42.0 Å². The normalized spacial score (nSPS) is 17.5. The number of β-amino-alcohol motifs (C(OH)–C–C–N with tert-alkyl or cyclic N) is 1. The number of hydrogen-bond donors (Lipinski definition) is 1. The molecule has 7 nitrogen and oxygen atoms in total. The summed E-state index contributed by atoms with van der Waals surface area (Å²) >= 11 is 0. The highest BCUT2D eigenvalue weighted by Gasteiger charge is 2.20. The predicted molar refractivity (Wildman–Crippen MR) is 103 cm³/mol. The van der Waals surface area contributed by atoms with Gasteiger partial charge in [0, 0.05) is 23.9 Å². The number of aryl methyl sites for hydroxylation is 1. The third-order valence-electron chi connectivity index (χ3n) is 4.50. The lowest BCUT2D eigenvalue weighted by molar-refractivity contribution is 0.0613. The Morgan fingerprint density at radius 2 is 2.07 bits per heavy atom.